The molecule has 1 aromatic carbocycles. The largest absolute Gasteiger partial charge is 0.444 e. The molecule has 4 amide bonds. The fraction of sp³-hybridized carbons (Fsp3) is 0.606. The van der Waals surface area contributed by atoms with Gasteiger partial charge in [-0.1, -0.05) is 45.0 Å². The number of benzene rings is 1. The van der Waals surface area contributed by atoms with Crippen LogP contribution in [-0.2, 0) is 19.1 Å². The molecule has 1 aliphatic heterocycles. The highest BCUT2D eigenvalue weighted by Gasteiger charge is 2.44. The number of amides is 4. The molecule has 1 aliphatic carbocycles. The summed E-state index contributed by atoms with van der Waals surface area (Å²) in [5.74, 6) is -0.966. The van der Waals surface area contributed by atoms with Crippen molar-refractivity contribution in [2.24, 2.45) is 11.3 Å². The number of carbonyl (C=O) groups excluding carboxylic acids is 4. The van der Waals surface area contributed by atoms with Crippen molar-refractivity contribution in [1.82, 2.24) is 25.8 Å². The van der Waals surface area contributed by atoms with Crippen LogP contribution in [0.5, 0.6) is 0 Å². The predicted molar refractivity (Wildman–Crippen MR) is 171 cm³/mol. The van der Waals surface area contributed by atoms with E-state index in [0.29, 0.717) is 32.2 Å². The van der Waals surface area contributed by atoms with E-state index in [1.807, 2.05) is 64.4 Å². The summed E-state index contributed by atoms with van der Waals surface area (Å²) in [7, 11) is 0. The topological polar surface area (TPSA) is 130 Å². The van der Waals surface area contributed by atoms with Crippen molar-refractivity contribution in [2.75, 3.05) is 6.54 Å². The first-order chi connectivity index (χ1) is 20.5. The number of aryl methyl sites for hydroxylation is 1. The van der Waals surface area contributed by atoms with Gasteiger partial charge in [0.15, 0.2) is 0 Å². The smallest absolute Gasteiger partial charge is 0.407 e. The van der Waals surface area contributed by atoms with Crippen LogP contribution in [0.2, 0.25) is 0 Å². The molecule has 1 saturated heterocycles. The molecule has 2 aromatic rings. The van der Waals surface area contributed by atoms with Crippen LogP contribution in [0.4, 0.5) is 4.79 Å². The van der Waals surface area contributed by atoms with Gasteiger partial charge in [-0.05, 0) is 76.8 Å². The van der Waals surface area contributed by atoms with Crippen LogP contribution < -0.4 is 16.0 Å². The number of nitrogens with zero attached hydrogens (tertiary/aromatic N) is 2. The zero-order valence-corrected chi connectivity index (χ0v) is 28.0. The van der Waals surface area contributed by atoms with E-state index >= 15 is 0 Å². The molecule has 3 atom stereocenters. The maximum atomic E-state index is 13.9. The lowest BCUT2D eigenvalue weighted by Gasteiger charge is -2.39. The van der Waals surface area contributed by atoms with Gasteiger partial charge in [0, 0.05) is 18.5 Å². The van der Waals surface area contributed by atoms with Crippen LogP contribution in [0.15, 0.2) is 29.8 Å². The van der Waals surface area contributed by atoms with Crippen molar-refractivity contribution in [3.8, 4) is 10.4 Å². The predicted octanol–water partition coefficient (Wildman–Crippen LogP) is 5.12. The highest BCUT2D eigenvalue weighted by Crippen LogP contribution is 2.31. The van der Waals surface area contributed by atoms with Gasteiger partial charge in [0.05, 0.1) is 22.1 Å². The van der Waals surface area contributed by atoms with Crippen molar-refractivity contribution in [1.29, 1.82) is 0 Å². The number of thiazole rings is 1. The standard InChI is InChI=1S/C33H47N5O5S/c1-19(21-11-13-22(14-12-21)26-20(2)34-18-44-26)35-29(40)25-10-9-15-38(25)30(41)27(32(3,4)5)37-28(39)23-16-24(17-23)36-31(42)43-33(6,7)8/h11-14,18-19,23-25,27H,9-10,15-17H2,1-8H3,(H,35,40)(H,36,42)(H,37,39)/t19-,23?,24?,25-,27?/m0/s1. The minimum Gasteiger partial charge on any atom is -0.444 e. The van der Waals surface area contributed by atoms with Gasteiger partial charge in [0.25, 0.3) is 0 Å². The average Bonchev–Trinajstić information content (AvgIpc) is 3.56. The van der Waals surface area contributed by atoms with Crippen molar-refractivity contribution in [3.05, 3.63) is 41.0 Å². The summed E-state index contributed by atoms with van der Waals surface area (Å²) in [5.41, 5.74) is 3.72. The molecule has 3 N–H and O–H groups in total. The molecule has 11 heteroatoms. The summed E-state index contributed by atoms with van der Waals surface area (Å²) >= 11 is 1.60. The minimum absolute atomic E-state index is 0.147. The Balaban J connectivity index is 1.34. The summed E-state index contributed by atoms with van der Waals surface area (Å²) in [4.78, 5) is 59.7. The molecule has 1 aromatic heterocycles. The van der Waals surface area contributed by atoms with Crippen LogP contribution in [0.1, 0.15) is 91.4 Å². The summed E-state index contributed by atoms with van der Waals surface area (Å²) in [6.45, 7) is 15.5. The molecule has 240 valence electrons. The van der Waals surface area contributed by atoms with Crippen molar-refractivity contribution < 1.29 is 23.9 Å². The fourth-order valence-electron chi connectivity index (χ4n) is 5.70. The van der Waals surface area contributed by atoms with E-state index in [1.54, 1.807) is 37.0 Å². The molecule has 1 unspecified atom stereocenters. The van der Waals surface area contributed by atoms with Crippen molar-refractivity contribution >= 4 is 35.2 Å². The average molecular weight is 626 g/mol. The highest BCUT2D eigenvalue weighted by atomic mass is 32.1. The number of nitrogens with one attached hydrogen (secondary N) is 3. The van der Waals surface area contributed by atoms with Gasteiger partial charge in [-0.15, -0.1) is 11.3 Å². The molecule has 1 saturated carbocycles. The van der Waals surface area contributed by atoms with Crippen LogP contribution in [0, 0.1) is 18.3 Å². The molecule has 0 bridgehead atoms. The second-order valence-corrected chi connectivity index (χ2v) is 15.0. The van der Waals surface area contributed by atoms with E-state index in [1.165, 1.54) is 0 Å². The molecule has 44 heavy (non-hydrogen) atoms. The Morgan fingerprint density at radius 1 is 1.00 bits per heavy atom. The summed E-state index contributed by atoms with van der Waals surface area (Å²) in [5, 5.41) is 8.89. The lowest BCUT2D eigenvalue weighted by atomic mass is 9.78. The number of hydrogen-bond acceptors (Lipinski definition) is 7. The Morgan fingerprint density at radius 3 is 2.23 bits per heavy atom. The van der Waals surface area contributed by atoms with Gasteiger partial charge >= 0.3 is 6.09 Å². The Morgan fingerprint density at radius 2 is 1.66 bits per heavy atom. The zero-order chi connectivity index (χ0) is 32.4. The van der Waals surface area contributed by atoms with Gasteiger partial charge in [-0.2, -0.15) is 0 Å². The molecule has 0 radical (unpaired) electrons. The molecule has 4 rings (SSSR count). The quantitative estimate of drug-likeness (QED) is 0.374. The Labute approximate surface area is 264 Å². The maximum absolute atomic E-state index is 13.9. The Bertz CT molecular complexity index is 1350. The molecule has 2 aliphatic rings. The summed E-state index contributed by atoms with van der Waals surface area (Å²) < 4.78 is 5.30. The van der Waals surface area contributed by atoms with Crippen LogP contribution in [0.25, 0.3) is 10.4 Å². The third-order valence-corrected chi connectivity index (χ3v) is 9.22. The highest BCUT2D eigenvalue weighted by molar-refractivity contribution is 7.13. The first-order valence-electron chi connectivity index (χ1n) is 15.4. The number of ether oxygens (including phenoxy) is 1. The summed E-state index contributed by atoms with van der Waals surface area (Å²) in [6.07, 6.45) is 1.74. The molecule has 2 fully saturated rings. The second kappa shape index (κ2) is 13.3. The fourth-order valence-corrected chi connectivity index (χ4v) is 6.51. The van der Waals surface area contributed by atoms with Gasteiger partial charge < -0.3 is 25.6 Å². The zero-order valence-electron chi connectivity index (χ0n) is 27.2. The van der Waals surface area contributed by atoms with E-state index in [2.05, 4.69) is 20.9 Å². The molecular weight excluding hydrogens is 578 g/mol. The molecule has 2 heterocycles. The van der Waals surface area contributed by atoms with Gasteiger partial charge in [0.2, 0.25) is 17.7 Å². The lowest BCUT2D eigenvalue weighted by Crippen LogP contribution is -2.60. The lowest BCUT2D eigenvalue weighted by molar-refractivity contribution is -0.145. The number of rotatable bonds is 8. The third kappa shape index (κ3) is 8.16. The number of likely N-dealkylation sites (tertiary alicyclic amines) is 1. The van der Waals surface area contributed by atoms with E-state index in [-0.39, 0.29) is 35.7 Å². The third-order valence-electron chi connectivity index (χ3n) is 8.24. The molecule has 10 nitrogen and oxygen atoms in total. The van der Waals surface area contributed by atoms with Gasteiger partial charge in [-0.25, -0.2) is 9.78 Å². The van der Waals surface area contributed by atoms with Gasteiger partial charge in [-0.3, -0.25) is 14.4 Å². The van der Waals surface area contributed by atoms with E-state index in [9.17, 15) is 19.2 Å². The monoisotopic (exact) mass is 625 g/mol. The van der Waals surface area contributed by atoms with Crippen molar-refractivity contribution in [2.45, 2.75) is 111 Å². The first kappa shape index (κ1) is 33.4. The van der Waals surface area contributed by atoms with E-state index < -0.39 is 29.2 Å². The number of aromatic nitrogens is 1. The maximum Gasteiger partial charge on any atom is 0.407 e. The summed E-state index contributed by atoms with van der Waals surface area (Å²) in [6, 6.07) is 6.32. The van der Waals surface area contributed by atoms with E-state index in [0.717, 1.165) is 21.7 Å². The van der Waals surface area contributed by atoms with Crippen LogP contribution in [0.3, 0.4) is 0 Å². The number of alkyl carbamates (subject to hydrolysis) is 1. The second-order valence-electron chi connectivity index (χ2n) is 14.1. The molecule has 0 spiro atoms. The molecular formula is C33H47N5O5S. The SMILES string of the molecule is Cc1ncsc1-c1ccc([C@H](C)NC(=O)[C@@H]2CCCN2C(=O)C(NC(=O)C2CC(NC(=O)OC(C)(C)C)C2)C(C)(C)C)cc1. The van der Waals surface area contributed by atoms with Gasteiger partial charge in [0.1, 0.15) is 17.7 Å². The van der Waals surface area contributed by atoms with E-state index in [4.69, 9.17) is 4.74 Å². The Kier molecular flexibility index (Phi) is 10.1. The first-order valence-corrected chi connectivity index (χ1v) is 16.3. The normalized spacial score (nSPS) is 21.5. The number of hydrogen-bond donors (Lipinski definition) is 3. The Hall–Kier alpha value is -3.47. The number of carbonyl (C=O) groups is 4. The van der Waals surface area contributed by atoms with Crippen LogP contribution >= 0.6 is 11.3 Å². The minimum atomic E-state index is -0.790. The van der Waals surface area contributed by atoms with Crippen molar-refractivity contribution in [3.63, 3.8) is 0 Å². The van der Waals surface area contributed by atoms with Crippen LogP contribution in [-0.4, -0.2) is 64.0 Å².